The van der Waals surface area contributed by atoms with E-state index in [2.05, 4.69) is 4.57 Å². The van der Waals surface area contributed by atoms with E-state index in [0.717, 1.165) is 45.3 Å². The van der Waals surface area contributed by atoms with Crippen molar-refractivity contribution in [1.29, 1.82) is 0 Å². The van der Waals surface area contributed by atoms with Gasteiger partial charge in [0.05, 0.1) is 17.6 Å². The van der Waals surface area contributed by atoms with Gasteiger partial charge in [-0.25, -0.2) is 4.98 Å². The van der Waals surface area contributed by atoms with Gasteiger partial charge in [0.1, 0.15) is 17.3 Å². The summed E-state index contributed by atoms with van der Waals surface area (Å²) in [6, 6.07) is 31.1. The number of aromatic nitrogens is 2. The number of benzene rings is 3. The maximum atomic E-state index is 6.22. The molecule has 0 radical (unpaired) electrons. The Labute approximate surface area is 206 Å². The van der Waals surface area contributed by atoms with Crippen molar-refractivity contribution in [2.75, 3.05) is 0 Å². The predicted octanol–water partition coefficient (Wildman–Crippen LogP) is 8.58. The van der Waals surface area contributed by atoms with Gasteiger partial charge in [-0.1, -0.05) is 59.6 Å². The lowest BCUT2D eigenvalue weighted by atomic mass is 10.2. The predicted molar refractivity (Wildman–Crippen MR) is 136 cm³/mol. The van der Waals surface area contributed by atoms with E-state index in [-0.39, 0.29) is 0 Å². The van der Waals surface area contributed by atoms with Gasteiger partial charge in [-0.2, -0.15) is 0 Å². The SMILES string of the molecule is Clc1cccc(-c2ccc(Cn3c(-c4ccc(-c5cccc(Cl)c5)o4)nc4ccccc43)o2)c1. The van der Waals surface area contributed by atoms with Crippen LogP contribution in [0.3, 0.4) is 0 Å². The first-order valence-electron chi connectivity index (χ1n) is 10.8. The Bertz CT molecular complexity index is 1630. The Morgan fingerprint density at radius 3 is 2.03 bits per heavy atom. The normalized spacial score (nSPS) is 11.4. The number of imidazole rings is 1. The van der Waals surface area contributed by atoms with E-state index in [9.17, 15) is 0 Å². The Morgan fingerprint density at radius 2 is 1.29 bits per heavy atom. The van der Waals surface area contributed by atoms with Crippen LogP contribution in [0.5, 0.6) is 0 Å². The molecule has 3 heterocycles. The largest absolute Gasteiger partial charge is 0.459 e. The Morgan fingerprint density at radius 1 is 0.647 bits per heavy atom. The topological polar surface area (TPSA) is 44.1 Å². The fraction of sp³-hybridized carbons (Fsp3) is 0.0357. The molecular weight excluding hydrogens is 467 g/mol. The average molecular weight is 485 g/mol. The summed E-state index contributed by atoms with van der Waals surface area (Å²) in [7, 11) is 0. The van der Waals surface area contributed by atoms with Gasteiger partial charge in [0.25, 0.3) is 0 Å². The summed E-state index contributed by atoms with van der Waals surface area (Å²) in [6.07, 6.45) is 0. The van der Waals surface area contributed by atoms with Crippen LogP contribution in [-0.2, 0) is 6.54 Å². The van der Waals surface area contributed by atoms with Crippen molar-refractivity contribution in [3.8, 4) is 34.2 Å². The molecule has 0 aliphatic heterocycles. The minimum absolute atomic E-state index is 0.504. The first-order chi connectivity index (χ1) is 16.6. The molecule has 166 valence electrons. The van der Waals surface area contributed by atoms with E-state index in [0.29, 0.717) is 22.4 Å². The molecule has 0 amide bonds. The van der Waals surface area contributed by atoms with Gasteiger partial charge in [0, 0.05) is 21.2 Å². The molecule has 6 rings (SSSR count). The summed E-state index contributed by atoms with van der Waals surface area (Å²) in [5.74, 6) is 3.71. The zero-order chi connectivity index (χ0) is 23.1. The van der Waals surface area contributed by atoms with Crippen LogP contribution in [0.1, 0.15) is 5.76 Å². The Kier molecular flexibility index (Phi) is 5.25. The molecule has 3 aromatic heterocycles. The lowest BCUT2D eigenvalue weighted by Gasteiger charge is -2.06. The second kappa shape index (κ2) is 8.56. The van der Waals surface area contributed by atoms with Crippen molar-refractivity contribution >= 4 is 34.2 Å². The molecule has 6 aromatic rings. The first kappa shape index (κ1) is 20.8. The fourth-order valence-electron chi connectivity index (χ4n) is 4.09. The molecule has 0 saturated heterocycles. The van der Waals surface area contributed by atoms with Crippen molar-refractivity contribution in [1.82, 2.24) is 9.55 Å². The van der Waals surface area contributed by atoms with Crippen LogP contribution in [0, 0.1) is 0 Å². The summed E-state index contributed by atoms with van der Waals surface area (Å²) in [5.41, 5.74) is 3.74. The molecule has 0 atom stereocenters. The lowest BCUT2D eigenvalue weighted by Crippen LogP contribution is -2.00. The summed E-state index contributed by atoms with van der Waals surface area (Å²) in [6.45, 7) is 0.504. The van der Waals surface area contributed by atoms with Crippen molar-refractivity contribution in [3.05, 3.63) is 113 Å². The van der Waals surface area contributed by atoms with Crippen molar-refractivity contribution in [2.24, 2.45) is 0 Å². The molecular formula is C28H18Cl2N2O2. The highest BCUT2D eigenvalue weighted by atomic mass is 35.5. The van der Waals surface area contributed by atoms with Gasteiger partial charge in [-0.3, -0.25) is 0 Å². The minimum Gasteiger partial charge on any atom is -0.459 e. The number of para-hydroxylation sites is 2. The van der Waals surface area contributed by atoms with Gasteiger partial charge in [0.15, 0.2) is 11.6 Å². The Balaban J connectivity index is 1.40. The highest BCUT2D eigenvalue weighted by Gasteiger charge is 2.18. The van der Waals surface area contributed by atoms with Crippen molar-refractivity contribution < 1.29 is 8.83 Å². The first-order valence-corrected chi connectivity index (χ1v) is 11.6. The molecule has 0 bridgehead atoms. The highest BCUT2D eigenvalue weighted by Crippen LogP contribution is 2.32. The highest BCUT2D eigenvalue weighted by molar-refractivity contribution is 6.31. The number of furan rings is 2. The second-order valence-corrected chi connectivity index (χ2v) is 8.83. The maximum Gasteiger partial charge on any atom is 0.177 e. The molecule has 6 heteroatoms. The van der Waals surface area contributed by atoms with E-state index < -0.39 is 0 Å². The third-order valence-electron chi connectivity index (χ3n) is 5.67. The molecule has 0 aliphatic carbocycles. The lowest BCUT2D eigenvalue weighted by molar-refractivity contribution is 0.506. The van der Waals surface area contributed by atoms with Gasteiger partial charge < -0.3 is 13.4 Å². The number of halogens is 2. The smallest absolute Gasteiger partial charge is 0.177 e. The monoisotopic (exact) mass is 484 g/mol. The van der Waals surface area contributed by atoms with E-state index in [4.69, 9.17) is 37.0 Å². The average Bonchev–Trinajstić information content (AvgIpc) is 3.59. The number of nitrogens with zero attached hydrogens (tertiary/aromatic N) is 2. The molecule has 0 unspecified atom stereocenters. The van der Waals surface area contributed by atoms with Crippen LogP contribution >= 0.6 is 23.2 Å². The van der Waals surface area contributed by atoms with Gasteiger partial charge in [-0.05, 0) is 60.7 Å². The number of hydrogen-bond acceptors (Lipinski definition) is 3. The van der Waals surface area contributed by atoms with Crippen LogP contribution < -0.4 is 0 Å². The molecule has 3 aromatic carbocycles. The van der Waals surface area contributed by atoms with Crippen LogP contribution in [0.4, 0.5) is 0 Å². The molecule has 0 N–H and O–H groups in total. The molecule has 0 saturated carbocycles. The molecule has 34 heavy (non-hydrogen) atoms. The van der Waals surface area contributed by atoms with Crippen LogP contribution in [0.25, 0.3) is 45.3 Å². The van der Waals surface area contributed by atoms with Crippen LogP contribution in [0.15, 0.2) is 106 Å². The number of fused-ring (bicyclic) bond motifs is 1. The summed E-state index contributed by atoms with van der Waals surface area (Å²) in [5, 5.41) is 1.34. The van der Waals surface area contributed by atoms with Crippen molar-refractivity contribution in [3.63, 3.8) is 0 Å². The maximum absolute atomic E-state index is 6.22. The van der Waals surface area contributed by atoms with Gasteiger partial charge in [-0.15, -0.1) is 0 Å². The quantitative estimate of drug-likeness (QED) is 0.246. The number of rotatable bonds is 5. The third kappa shape index (κ3) is 3.92. The summed E-state index contributed by atoms with van der Waals surface area (Å²) < 4.78 is 14.5. The van der Waals surface area contributed by atoms with Crippen LogP contribution in [-0.4, -0.2) is 9.55 Å². The molecule has 0 fully saturated rings. The van der Waals surface area contributed by atoms with Crippen molar-refractivity contribution in [2.45, 2.75) is 6.54 Å². The summed E-state index contributed by atoms with van der Waals surface area (Å²) >= 11 is 12.3. The third-order valence-corrected chi connectivity index (χ3v) is 6.14. The molecule has 0 aliphatic rings. The number of hydrogen-bond donors (Lipinski definition) is 0. The second-order valence-electron chi connectivity index (χ2n) is 7.96. The van der Waals surface area contributed by atoms with E-state index in [1.165, 1.54) is 0 Å². The van der Waals surface area contributed by atoms with Crippen LogP contribution in [0.2, 0.25) is 10.0 Å². The zero-order valence-corrected chi connectivity index (χ0v) is 19.4. The zero-order valence-electron chi connectivity index (χ0n) is 17.9. The van der Waals surface area contributed by atoms with E-state index in [1.54, 1.807) is 0 Å². The molecule has 4 nitrogen and oxygen atoms in total. The van der Waals surface area contributed by atoms with Gasteiger partial charge in [0.2, 0.25) is 0 Å². The Hall–Kier alpha value is -3.73. The molecule has 0 spiro atoms. The van der Waals surface area contributed by atoms with E-state index in [1.807, 2.05) is 97.1 Å². The minimum atomic E-state index is 0.504. The summed E-state index contributed by atoms with van der Waals surface area (Å²) in [4.78, 5) is 4.86. The van der Waals surface area contributed by atoms with E-state index >= 15 is 0 Å². The van der Waals surface area contributed by atoms with Gasteiger partial charge >= 0.3 is 0 Å². The standard InChI is InChI=1S/C28H18Cl2N2O2/c29-20-7-3-5-18(15-20)25-12-11-22(33-25)17-32-24-10-2-1-9-23(24)31-28(32)27-14-13-26(34-27)19-6-4-8-21(30)16-19/h1-16H,17H2. The fourth-order valence-corrected chi connectivity index (χ4v) is 4.47.